The molecule has 0 radical (unpaired) electrons. The summed E-state index contributed by atoms with van der Waals surface area (Å²) in [7, 11) is -3.82. The van der Waals surface area contributed by atoms with Crippen molar-refractivity contribution < 1.29 is 41.0 Å². The van der Waals surface area contributed by atoms with Gasteiger partial charge in [-0.15, -0.1) is 0 Å². The van der Waals surface area contributed by atoms with Crippen molar-refractivity contribution in [1.82, 2.24) is 24.5 Å². The van der Waals surface area contributed by atoms with Crippen molar-refractivity contribution in [2.45, 2.75) is 77.4 Å². The van der Waals surface area contributed by atoms with Crippen molar-refractivity contribution in [2.75, 3.05) is 30.1 Å². The topological polar surface area (TPSA) is 177 Å². The van der Waals surface area contributed by atoms with Gasteiger partial charge >= 0.3 is 7.60 Å². The number of benzene rings is 1. The molecule has 49 heavy (non-hydrogen) atoms. The van der Waals surface area contributed by atoms with E-state index in [0.717, 1.165) is 12.1 Å². The second kappa shape index (κ2) is 14.5. The van der Waals surface area contributed by atoms with Crippen LogP contribution in [0.2, 0.25) is 0 Å². The zero-order valence-electron chi connectivity index (χ0n) is 27.4. The highest BCUT2D eigenvalue weighted by atomic mass is 31.2. The van der Waals surface area contributed by atoms with Crippen LogP contribution >= 0.6 is 7.60 Å². The van der Waals surface area contributed by atoms with Crippen LogP contribution < -0.4 is 21.1 Å². The fourth-order valence-electron chi connectivity index (χ4n) is 5.77. The Morgan fingerprint density at radius 2 is 1.76 bits per heavy atom. The predicted molar refractivity (Wildman–Crippen MR) is 174 cm³/mol. The average molecular weight is 711 g/mol. The van der Waals surface area contributed by atoms with Gasteiger partial charge in [0.15, 0.2) is 29.4 Å². The molecule has 0 unspecified atom stereocenters. The molecule has 3 aromatic heterocycles. The van der Waals surface area contributed by atoms with Gasteiger partial charge in [-0.25, -0.2) is 32.5 Å². The summed E-state index contributed by atoms with van der Waals surface area (Å²) in [6, 6.07) is 3.25. The van der Waals surface area contributed by atoms with Crippen LogP contribution in [-0.2, 0) is 20.2 Å². The third-order valence-corrected chi connectivity index (χ3v) is 9.81. The van der Waals surface area contributed by atoms with E-state index < -0.39 is 61.6 Å². The molecule has 0 bridgehead atoms. The number of aromatic nitrogens is 5. The highest BCUT2D eigenvalue weighted by molar-refractivity contribution is 7.53. The molecule has 13 nitrogen and oxygen atoms in total. The van der Waals surface area contributed by atoms with Crippen molar-refractivity contribution in [3.63, 3.8) is 0 Å². The number of hydrogen-bond donors (Lipinski definition) is 3. The SMILES string of the molecule is CC(C)OP(=O)(COc1cc(F)c(-c2cc(Cn3cnc4c(N)ncnc43)c(N3CCC[C@](N)([C@H](O)C(F)F)C3)cn2)cc1F)OC(C)C. The van der Waals surface area contributed by atoms with E-state index in [-0.39, 0.29) is 36.6 Å². The minimum atomic E-state index is -3.82. The number of halogens is 4. The standard InChI is InChI=1S/C31H39F4N8O5P/c1-17(2)47-49(45,48-18(3)4)16-46-25-10-21(32)20(9-22(25)33)23-8-19(12-43-15-41-26-29(36)39-14-40-30(26)43)24(11-38-23)42-7-5-6-31(37,13-42)27(44)28(34)35/h8-11,14-15,17-18,27-28,44H,5-7,12-13,16,37H2,1-4H3,(H2,36,39,40)/t27-,31-/m1/s1. The highest BCUT2D eigenvalue weighted by Crippen LogP contribution is 2.50. The van der Waals surface area contributed by atoms with Gasteiger partial charge in [-0.3, -0.25) is 9.55 Å². The Morgan fingerprint density at radius 3 is 2.43 bits per heavy atom. The Hall–Kier alpha value is -3.89. The summed E-state index contributed by atoms with van der Waals surface area (Å²) in [5.74, 6) is -2.20. The molecule has 18 heteroatoms. The highest BCUT2D eigenvalue weighted by Gasteiger charge is 2.43. The number of aliphatic hydroxyl groups is 1. The lowest BCUT2D eigenvalue weighted by Crippen LogP contribution is -2.63. The van der Waals surface area contributed by atoms with Gasteiger partial charge in [0.2, 0.25) is 0 Å². The molecule has 1 aliphatic rings. The minimum absolute atomic E-state index is 0.0425. The monoisotopic (exact) mass is 710 g/mol. The van der Waals surface area contributed by atoms with Crippen LogP contribution in [-0.4, -0.2) is 79.3 Å². The molecule has 0 saturated carbocycles. The number of hydrogen-bond acceptors (Lipinski definition) is 12. The van der Waals surface area contributed by atoms with E-state index in [1.165, 1.54) is 24.9 Å². The molecule has 4 heterocycles. The van der Waals surface area contributed by atoms with Gasteiger partial charge < -0.3 is 39.8 Å². The van der Waals surface area contributed by atoms with Crippen LogP contribution in [0, 0.1) is 11.6 Å². The average Bonchev–Trinajstić information content (AvgIpc) is 3.43. The van der Waals surface area contributed by atoms with Crippen molar-refractivity contribution in [3.8, 4) is 17.0 Å². The lowest BCUT2D eigenvalue weighted by Gasteiger charge is -2.44. The second-order valence-electron chi connectivity index (χ2n) is 12.5. The summed E-state index contributed by atoms with van der Waals surface area (Å²) >= 11 is 0. The quantitative estimate of drug-likeness (QED) is 0.124. The lowest BCUT2D eigenvalue weighted by molar-refractivity contribution is -0.0529. The molecule has 0 amide bonds. The van der Waals surface area contributed by atoms with E-state index in [2.05, 4.69) is 19.9 Å². The van der Waals surface area contributed by atoms with Gasteiger partial charge in [-0.1, -0.05) is 0 Å². The van der Waals surface area contributed by atoms with Crippen molar-refractivity contribution in [1.29, 1.82) is 0 Å². The predicted octanol–water partition coefficient (Wildman–Crippen LogP) is 5.10. The molecule has 0 spiro atoms. The molecule has 5 rings (SSSR count). The van der Waals surface area contributed by atoms with Gasteiger partial charge in [0, 0.05) is 24.7 Å². The number of pyridine rings is 1. The van der Waals surface area contributed by atoms with E-state index in [4.69, 9.17) is 25.3 Å². The Balaban J connectivity index is 1.51. The normalized spacial score (nSPS) is 17.9. The molecule has 4 aromatic rings. The molecule has 1 saturated heterocycles. The largest absolute Gasteiger partial charge is 0.478 e. The Kier molecular flexibility index (Phi) is 10.8. The maximum Gasteiger partial charge on any atom is 0.368 e. The Labute approximate surface area is 280 Å². The van der Waals surface area contributed by atoms with Gasteiger partial charge in [0.1, 0.15) is 23.8 Å². The van der Waals surface area contributed by atoms with E-state index in [0.29, 0.717) is 35.4 Å². The number of fused-ring (bicyclic) bond motifs is 1. The van der Waals surface area contributed by atoms with E-state index in [1.807, 2.05) is 0 Å². The van der Waals surface area contributed by atoms with Crippen molar-refractivity contribution in [2.24, 2.45) is 5.73 Å². The van der Waals surface area contributed by atoms with Crippen LogP contribution in [0.25, 0.3) is 22.4 Å². The molecule has 1 aliphatic heterocycles. The summed E-state index contributed by atoms with van der Waals surface area (Å²) in [5.41, 5.74) is 12.2. The minimum Gasteiger partial charge on any atom is -0.478 e. The molecule has 5 N–H and O–H groups in total. The number of imidazole rings is 1. The fraction of sp³-hybridized carbons (Fsp3) is 0.484. The summed E-state index contributed by atoms with van der Waals surface area (Å²) < 4.78 is 89.2. The summed E-state index contributed by atoms with van der Waals surface area (Å²) in [6.07, 6.45) is -1.98. The molecule has 1 fully saturated rings. The first kappa shape index (κ1) is 36.4. The van der Waals surface area contributed by atoms with Gasteiger partial charge in [-0.2, -0.15) is 0 Å². The molecule has 266 valence electrons. The Morgan fingerprint density at radius 1 is 1.04 bits per heavy atom. The number of nitrogens with two attached hydrogens (primary N) is 2. The van der Waals surface area contributed by atoms with Crippen LogP contribution in [0.4, 0.5) is 29.1 Å². The Bertz CT molecular complexity index is 1830. The zero-order chi connectivity index (χ0) is 35.7. The van der Waals surface area contributed by atoms with Crippen molar-refractivity contribution >= 4 is 30.3 Å². The maximum absolute atomic E-state index is 15.6. The number of nitrogens with zero attached hydrogens (tertiary/aromatic N) is 6. The number of alkyl halides is 2. The van der Waals surface area contributed by atoms with Crippen molar-refractivity contribution in [3.05, 3.63) is 54.2 Å². The lowest BCUT2D eigenvalue weighted by atomic mass is 9.84. The fourth-order valence-corrected chi connectivity index (χ4v) is 7.52. The maximum atomic E-state index is 15.6. The molecule has 0 aliphatic carbocycles. The van der Waals surface area contributed by atoms with Gasteiger partial charge in [0.05, 0.1) is 48.2 Å². The summed E-state index contributed by atoms with van der Waals surface area (Å²) in [5, 5.41) is 10.3. The van der Waals surface area contributed by atoms with E-state index >= 15 is 8.78 Å². The van der Waals surface area contributed by atoms with Gasteiger partial charge in [0.25, 0.3) is 6.43 Å². The van der Waals surface area contributed by atoms with Crippen LogP contribution in [0.5, 0.6) is 5.75 Å². The molecule has 1 aromatic carbocycles. The van der Waals surface area contributed by atoms with E-state index in [9.17, 15) is 18.5 Å². The first-order valence-electron chi connectivity index (χ1n) is 15.6. The molecular formula is C31H39F4N8O5P. The van der Waals surface area contributed by atoms with Crippen LogP contribution in [0.1, 0.15) is 46.1 Å². The molecule has 2 atom stereocenters. The number of rotatable bonds is 13. The first-order valence-corrected chi connectivity index (χ1v) is 17.3. The van der Waals surface area contributed by atoms with Gasteiger partial charge in [-0.05, 0) is 58.2 Å². The van der Waals surface area contributed by atoms with E-state index in [1.54, 1.807) is 37.2 Å². The third-order valence-electron chi connectivity index (χ3n) is 7.88. The number of nitrogen functional groups attached to an aromatic ring is 1. The van der Waals surface area contributed by atoms with Crippen LogP contribution in [0.3, 0.4) is 0 Å². The summed E-state index contributed by atoms with van der Waals surface area (Å²) in [6.45, 7) is 6.98. The smallest absolute Gasteiger partial charge is 0.368 e. The third kappa shape index (κ3) is 8.13. The number of anilines is 2. The summed E-state index contributed by atoms with van der Waals surface area (Å²) in [4.78, 5) is 18.6. The van der Waals surface area contributed by atoms with Crippen LogP contribution in [0.15, 0.2) is 37.1 Å². The molecular weight excluding hydrogens is 671 g/mol. The number of ether oxygens (including phenoxy) is 1. The number of piperidine rings is 1. The first-order chi connectivity index (χ1) is 23.1. The zero-order valence-corrected chi connectivity index (χ0v) is 28.3. The number of aliphatic hydroxyl groups excluding tert-OH is 1. The second-order valence-corrected chi connectivity index (χ2v) is 14.4.